The second-order valence-corrected chi connectivity index (χ2v) is 6.85. The number of aliphatic hydroxyl groups excluding tert-OH is 1. The summed E-state index contributed by atoms with van der Waals surface area (Å²) < 4.78 is 5.92. The molecule has 1 heterocycles. The Morgan fingerprint density at radius 3 is 2.78 bits per heavy atom. The number of hydrogen-bond acceptors (Lipinski definition) is 4. The Kier molecular flexibility index (Phi) is 5.16. The molecule has 1 aromatic rings. The Hall–Kier alpha value is -1.62. The SMILES string of the molecule is CN(CC(O)C1CC1)C(=O)c1ccnc(OC2CCCCC2)c1. The lowest BCUT2D eigenvalue weighted by Crippen LogP contribution is -2.35. The van der Waals surface area contributed by atoms with Crippen LogP contribution >= 0.6 is 0 Å². The van der Waals surface area contributed by atoms with Gasteiger partial charge in [0.2, 0.25) is 5.88 Å². The van der Waals surface area contributed by atoms with Gasteiger partial charge in [0, 0.05) is 31.4 Å². The lowest BCUT2D eigenvalue weighted by Gasteiger charge is -2.23. The van der Waals surface area contributed by atoms with Gasteiger partial charge in [0.1, 0.15) is 6.10 Å². The summed E-state index contributed by atoms with van der Waals surface area (Å²) in [5.74, 6) is 0.798. The maximum absolute atomic E-state index is 12.5. The number of amides is 1. The summed E-state index contributed by atoms with van der Waals surface area (Å²) in [4.78, 5) is 18.3. The Balaban J connectivity index is 1.59. The van der Waals surface area contributed by atoms with E-state index in [4.69, 9.17) is 4.74 Å². The molecule has 5 heteroatoms. The van der Waals surface area contributed by atoms with Crippen molar-refractivity contribution in [3.8, 4) is 5.88 Å². The minimum Gasteiger partial charge on any atom is -0.474 e. The van der Waals surface area contributed by atoms with Crippen molar-refractivity contribution in [2.24, 2.45) is 5.92 Å². The first kappa shape index (κ1) is 16.2. The molecule has 5 nitrogen and oxygen atoms in total. The van der Waals surface area contributed by atoms with Crippen molar-refractivity contribution < 1.29 is 14.6 Å². The predicted octanol–water partition coefficient (Wildman–Crippen LogP) is 2.64. The number of carbonyl (C=O) groups is 1. The number of nitrogens with zero attached hydrogens (tertiary/aromatic N) is 2. The molecule has 126 valence electrons. The van der Waals surface area contributed by atoms with Gasteiger partial charge in [-0.25, -0.2) is 4.98 Å². The van der Waals surface area contributed by atoms with Crippen LogP contribution in [0.1, 0.15) is 55.3 Å². The molecule has 0 spiro atoms. The van der Waals surface area contributed by atoms with Gasteiger partial charge in [-0.3, -0.25) is 4.79 Å². The van der Waals surface area contributed by atoms with E-state index in [2.05, 4.69) is 4.98 Å². The maximum Gasteiger partial charge on any atom is 0.253 e. The zero-order valence-corrected chi connectivity index (χ0v) is 13.8. The molecule has 23 heavy (non-hydrogen) atoms. The summed E-state index contributed by atoms with van der Waals surface area (Å²) in [6.45, 7) is 0.380. The number of pyridine rings is 1. The van der Waals surface area contributed by atoms with Gasteiger partial charge in [-0.2, -0.15) is 0 Å². The molecule has 0 aromatic carbocycles. The number of rotatable bonds is 6. The Morgan fingerprint density at radius 1 is 1.35 bits per heavy atom. The summed E-state index contributed by atoms with van der Waals surface area (Å²) in [6, 6.07) is 3.42. The average Bonchev–Trinajstić information content (AvgIpc) is 3.40. The quantitative estimate of drug-likeness (QED) is 0.876. The zero-order chi connectivity index (χ0) is 16.2. The van der Waals surface area contributed by atoms with Gasteiger partial charge >= 0.3 is 0 Å². The standard InChI is InChI=1S/C18H26N2O3/c1-20(12-16(21)13-7-8-13)18(22)14-9-10-19-17(11-14)23-15-5-3-2-4-6-15/h9-11,13,15-16,21H,2-8,12H2,1H3. The van der Waals surface area contributed by atoms with E-state index in [1.807, 2.05) is 0 Å². The van der Waals surface area contributed by atoms with Crippen LogP contribution in [0.4, 0.5) is 0 Å². The molecule has 2 aliphatic rings. The number of likely N-dealkylation sites (N-methyl/N-ethyl adjacent to an activating group) is 1. The molecule has 1 aromatic heterocycles. The number of carbonyl (C=O) groups excluding carboxylic acids is 1. The van der Waals surface area contributed by atoms with E-state index in [0.29, 0.717) is 23.9 Å². The molecule has 1 atom stereocenters. The van der Waals surface area contributed by atoms with Crippen molar-refractivity contribution >= 4 is 5.91 Å². The first-order chi connectivity index (χ1) is 11.1. The molecule has 2 fully saturated rings. The van der Waals surface area contributed by atoms with Crippen molar-refractivity contribution in [2.75, 3.05) is 13.6 Å². The minimum atomic E-state index is -0.413. The van der Waals surface area contributed by atoms with Gasteiger partial charge in [0.05, 0.1) is 6.10 Å². The van der Waals surface area contributed by atoms with Crippen LogP contribution in [0.15, 0.2) is 18.3 Å². The Morgan fingerprint density at radius 2 is 2.09 bits per heavy atom. The molecule has 0 radical (unpaired) electrons. The van der Waals surface area contributed by atoms with Gasteiger partial charge in [0.25, 0.3) is 5.91 Å². The minimum absolute atomic E-state index is 0.0967. The van der Waals surface area contributed by atoms with E-state index in [1.54, 1.807) is 30.3 Å². The first-order valence-corrected chi connectivity index (χ1v) is 8.69. The first-order valence-electron chi connectivity index (χ1n) is 8.69. The highest BCUT2D eigenvalue weighted by Gasteiger charge is 2.31. The normalized spacial score (nSPS) is 20.1. The summed E-state index contributed by atoms with van der Waals surface area (Å²) >= 11 is 0. The molecule has 2 aliphatic carbocycles. The smallest absolute Gasteiger partial charge is 0.253 e. The molecule has 1 amide bonds. The Bertz CT molecular complexity index is 539. The maximum atomic E-state index is 12.5. The number of aliphatic hydroxyl groups is 1. The number of aromatic nitrogens is 1. The van der Waals surface area contributed by atoms with Crippen molar-refractivity contribution in [3.63, 3.8) is 0 Å². The van der Waals surface area contributed by atoms with Crippen LogP contribution in [0.2, 0.25) is 0 Å². The summed E-state index contributed by atoms with van der Waals surface area (Å²) in [5.41, 5.74) is 0.566. The fourth-order valence-electron chi connectivity index (χ4n) is 3.17. The van der Waals surface area contributed by atoms with Gasteiger partial charge in [0.15, 0.2) is 0 Å². The zero-order valence-electron chi connectivity index (χ0n) is 13.8. The fourth-order valence-corrected chi connectivity index (χ4v) is 3.17. The highest BCUT2D eigenvalue weighted by Crippen LogP contribution is 2.32. The van der Waals surface area contributed by atoms with Crippen molar-refractivity contribution in [1.82, 2.24) is 9.88 Å². The van der Waals surface area contributed by atoms with Crippen LogP contribution in [-0.4, -0.2) is 46.7 Å². The van der Waals surface area contributed by atoms with Crippen molar-refractivity contribution in [3.05, 3.63) is 23.9 Å². The van der Waals surface area contributed by atoms with E-state index < -0.39 is 6.10 Å². The van der Waals surface area contributed by atoms with Crippen molar-refractivity contribution in [1.29, 1.82) is 0 Å². The summed E-state index contributed by atoms with van der Waals surface area (Å²) in [5, 5.41) is 10.00. The van der Waals surface area contributed by atoms with Crippen molar-refractivity contribution in [2.45, 2.75) is 57.2 Å². The predicted molar refractivity (Wildman–Crippen MR) is 87.4 cm³/mol. The van der Waals surface area contributed by atoms with E-state index in [0.717, 1.165) is 25.7 Å². The lowest BCUT2D eigenvalue weighted by molar-refractivity contribution is 0.0644. The van der Waals surface area contributed by atoms with Gasteiger partial charge < -0.3 is 14.7 Å². The van der Waals surface area contributed by atoms with E-state index >= 15 is 0 Å². The number of ether oxygens (including phenoxy) is 1. The highest BCUT2D eigenvalue weighted by molar-refractivity contribution is 5.94. The second kappa shape index (κ2) is 7.30. The largest absolute Gasteiger partial charge is 0.474 e. The molecular weight excluding hydrogens is 292 g/mol. The van der Waals surface area contributed by atoms with Crippen LogP contribution < -0.4 is 4.74 Å². The third-order valence-corrected chi connectivity index (χ3v) is 4.80. The molecule has 3 rings (SSSR count). The Labute approximate surface area is 137 Å². The van der Waals surface area contributed by atoms with E-state index in [1.165, 1.54) is 19.3 Å². The average molecular weight is 318 g/mol. The third-order valence-electron chi connectivity index (χ3n) is 4.80. The summed E-state index contributed by atoms with van der Waals surface area (Å²) in [6.07, 6.45) is 9.36. The highest BCUT2D eigenvalue weighted by atomic mass is 16.5. The molecule has 2 saturated carbocycles. The number of hydrogen-bond donors (Lipinski definition) is 1. The molecule has 0 bridgehead atoms. The molecule has 1 N–H and O–H groups in total. The van der Waals surface area contributed by atoms with Gasteiger partial charge in [-0.05, 0) is 50.5 Å². The monoisotopic (exact) mass is 318 g/mol. The van der Waals surface area contributed by atoms with Crippen LogP contribution in [0.3, 0.4) is 0 Å². The van der Waals surface area contributed by atoms with Gasteiger partial charge in [-0.15, -0.1) is 0 Å². The molecule has 0 aliphatic heterocycles. The second-order valence-electron chi connectivity index (χ2n) is 6.85. The molecule has 1 unspecified atom stereocenters. The lowest BCUT2D eigenvalue weighted by atomic mass is 9.98. The van der Waals surface area contributed by atoms with E-state index in [-0.39, 0.29) is 12.0 Å². The van der Waals surface area contributed by atoms with Crippen LogP contribution in [0.25, 0.3) is 0 Å². The van der Waals surface area contributed by atoms with E-state index in [9.17, 15) is 9.90 Å². The van der Waals surface area contributed by atoms with Gasteiger partial charge in [-0.1, -0.05) is 6.42 Å². The van der Waals surface area contributed by atoms with Crippen LogP contribution in [-0.2, 0) is 0 Å². The molecule has 0 saturated heterocycles. The summed E-state index contributed by atoms with van der Waals surface area (Å²) in [7, 11) is 1.73. The third kappa shape index (κ3) is 4.44. The topological polar surface area (TPSA) is 62.7 Å². The molecular formula is C18H26N2O3. The fraction of sp³-hybridized carbons (Fsp3) is 0.667. The van der Waals surface area contributed by atoms with Crippen LogP contribution in [0, 0.1) is 5.92 Å². The van der Waals surface area contributed by atoms with Crippen LogP contribution in [0.5, 0.6) is 5.88 Å².